The Morgan fingerprint density at radius 3 is 2.47 bits per heavy atom. The van der Waals surface area contributed by atoms with Crippen molar-refractivity contribution >= 4 is 55.2 Å². The molecule has 1 aliphatic rings. The minimum atomic E-state index is -0.693. The third-order valence-corrected chi connectivity index (χ3v) is 7.48. The standard InChI is InChI=1S/C24H20Br2N2O5S/c1-4-33-23(31)19-12(2)27-24-28(20(19)14-5-7-15(32-3)8-6-14)22(30)18(34-24)11-13-9-16(25)21(29)17(26)10-13/h5-11,20,29H,4H2,1-3H3/b18-11+. The lowest BCUT2D eigenvalue weighted by Crippen LogP contribution is -2.39. The second-order valence-electron chi connectivity index (χ2n) is 7.41. The Balaban J connectivity index is 1.95. The van der Waals surface area contributed by atoms with E-state index in [0.717, 1.165) is 5.56 Å². The number of phenols is 1. The number of methoxy groups -OCH3 is 1. The zero-order valence-corrected chi connectivity index (χ0v) is 22.5. The smallest absolute Gasteiger partial charge is 0.338 e. The van der Waals surface area contributed by atoms with E-state index in [1.165, 1.54) is 15.9 Å². The maximum Gasteiger partial charge on any atom is 0.338 e. The molecule has 34 heavy (non-hydrogen) atoms. The summed E-state index contributed by atoms with van der Waals surface area (Å²) in [5, 5.41) is 9.99. The van der Waals surface area contributed by atoms with Crippen LogP contribution in [0.2, 0.25) is 0 Å². The van der Waals surface area contributed by atoms with Crippen molar-refractivity contribution < 1.29 is 19.4 Å². The summed E-state index contributed by atoms with van der Waals surface area (Å²) >= 11 is 7.87. The van der Waals surface area contributed by atoms with Crippen molar-refractivity contribution in [3.05, 3.63) is 87.4 Å². The second-order valence-corrected chi connectivity index (χ2v) is 10.1. The van der Waals surface area contributed by atoms with Crippen LogP contribution in [0.4, 0.5) is 0 Å². The Morgan fingerprint density at radius 2 is 1.88 bits per heavy atom. The molecule has 0 spiro atoms. The molecule has 0 saturated carbocycles. The number of esters is 1. The van der Waals surface area contributed by atoms with Crippen LogP contribution in [0.25, 0.3) is 6.08 Å². The van der Waals surface area contributed by atoms with Gasteiger partial charge in [0.15, 0.2) is 4.80 Å². The topological polar surface area (TPSA) is 90.1 Å². The lowest BCUT2D eigenvalue weighted by atomic mass is 9.96. The van der Waals surface area contributed by atoms with E-state index in [4.69, 9.17) is 9.47 Å². The third kappa shape index (κ3) is 4.49. The molecule has 10 heteroatoms. The molecule has 1 atom stereocenters. The highest BCUT2D eigenvalue weighted by atomic mass is 79.9. The van der Waals surface area contributed by atoms with Crippen molar-refractivity contribution in [3.8, 4) is 11.5 Å². The number of aromatic hydroxyl groups is 1. The highest BCUT2D eigenvalue weighted by molar-refractivity contribution is 9.11. The van der Waals surface area contributed by atoms with E-state index in [0.29, 0.717) is 40.9 Å². The molecule has 0 saturated heterocycles. The number of hydrogen-bond donors (Lipinski definition) is 1. The van der Waals surface area contributed by atoms with Crippen molar-refractivity contribution in [3.63, 3.8) is 0 Å². The fourth-order valence-corrected chi connectivity index (χ4v) is 5.98. The van der Waals surface area contributed by atoms with Crippen LogP contribution in [-0.2, 0) is 9.53 Å². The zero-order valence-electron chi connectivity index (χ0n) is 18.5. The molecule has 3 aromatic rings. The Labute approximate surface area is 215 Å². The zero-order chi connectivity index (χ0) is 24.6. The van der Waals surface area contributed by atoms with Gasteiger partial charge in [-0.2, -0.15) is 0 Å². The second kappa shape index (κ2) is 9.89. The molecule has 0 radical (unpaired) electrons. The number of hydrogen-bond acceptors (Lipinski definition) is 7. The molecular formula is C24H20Br2N2O5S. The first-order valence-electron chi connectivity index (χ1n) is 10.3. The van der Waals surface area contributed by atoms with Crippen LogP contribution in [0.5, 0.6) is 11.5 Å². The van der Waals surface area contributed by atoms with Crippen LogP contribution in [0, 0.1) is 0 Å². The first kappa shape index (κ1) is 24.4. The van der Waals surface area contributed by atoms with Gasteiger partial charge in [0.25, 0.3) is 5.56 Å². The van der Waals surface area contributed by atoms with E-state index < -0.39 is 12.0 Å². The van der Waals surface area contributed by atoms with Gasteiger partial charge in [-0.1, -0.05) is 23.5 Å². The van der Waals surface area contributed by atoms with Gasteiger partial charge in [0.2, 0.25) is 0 Å². The van der Waals surface area contributed by atoms with E-state index in [1.54, 1.807) is 51.3 Å². The summed E-state index contributed by atoms with van der Waals surface area (Å²) in [6, 6.07) is 9.97. The Kier molecular flexibility index (Phi) is 7.11. The average Bonchev–Trinajstić information content (AvgIpc) is 3.11. The summed E-state index contributed by atoms with van der Waals surface area (Å²) in [5.74, 6) is 0.232. The Bertz CT molecular complexity index is 1470. The molecule has 0 aliphatic carbocycles. The van der Waals surface area contributed by atoms with Crippen LogP contribution in [0.15, 0.2) is 66.4 Å². The number of benzene rings is 2. The number of aromatic nitrogens is 1. The predicted molar refractivity (Wildman–Crippen MR) is 137 cm³/mol. The fraction of sp³-hybridized carbons (Fsp3) is 0.208. The van der Waals surface area contributed by atoms with Gasteiger partial charge >= 0.3 is 5.97 Å². The molecule has 4 rings (SSSR count). The van der Waals surface area contributed by atoms with Gasteiger partial charge in [0.05, 0.1) is 44.5 Å². The van der Waals surface area contributed by atoms with Crippen LogP contribution < -0.4 is 19.6 Å². The number of nitrogens with zero attached hydrogens (tertiary/aromatic N) is 2. The van der Waals surface area contributed by atoms with Gasteiger partial charge in [0.1, 0.15) is 11.5 Å². The SMILES string of the molecule is CCOC(=O)C1=C(C)N=c2s/c(=C/c3cc(Br)c(O)c(Br)c3)c(=O)n2C1c1ccc(OC)cc1. The lowest BCUT2D eigenvalue weighted by molar-refractivity contribution is -0.139. The predicted octanol–water partition coefficient (Wildman–Crippen LogP) is 4.04. The summed E-state index contributed by atoms with van der Waals surface area (Å²) in [4.78, 5) is 31.6. The van der Waals surface area contributed by atoms with E-state index in [2.05, 4.69) is 36.9 Å². The third-order valence-electron chi connectivity index (χ3n) is 5.29. The van der Waals surface area contributed by atoms with E-state index in [-0.39, 0.29) is 17.9 Å². The Morgan fingerprint density at radius 1 is 1.24 bits per heavy atom. The number of carbonyl (C=O) groups is 1. The van der Waals surface area contributed by atoms with Crippen LogP contribution in [0.1, 0.15) is 31.0 Å². The molecule has 1 aromatic heterocycles. The summed E-state index contributed by atoms with van der Waals surface area (Å²) in [6.45, 7) is 3.69. The molecule has 2 aromatic carbocycles. The molecule has 1 N–H and O–H groups in total. The van der Waals surface area contributed by atoms with Gasteiger partial charge in [-0.15, -0.1) is 0 Å². The number of phenolic OH excluding ortho intramolecular Hbond substituents is 1. The Hall–Kier alpha value is -2.69. The van der Waals surface area contributed by atoms with E-state index >= 15 is 0 Å². The minimum Gasteiger partial charge on any atom is -0.506 e. The van der Waals surface area contributed by atoms with E-state index in [9.17, 15) is 14.7 Å². The van der Waals surface area contributed by atoms with Gasteiger partial charge in [0, 0.05) is 0 Å². The largest absolute Gasteiger partial charge is 0.506 e. The van der Waals surface area contributed by atoms with Crippen LogP contribution in [0.3, 0.4) is 0 Å². The molecular weight excluding hydrogens is 588 g/mol. The number of allylic oxidation sites excluding steroid dienone is 1. The minimum absolute atomic E-state index is 0.0767. The van der Waals surface area contributed by atoms with Crippen molar-refractivity contribution in [2.75, 3.05) is 13.7 Å². The maximum absolute atomic E-state index is 13.6. The molecule has 1 aliphatic heterocycles. The normalized spacial score (nSPS) is 15.7. The van der Waals surface area contributed by atoms with Crippen LogP contribution >= 0.6 is 43.2 Å². The highest BCUT2D eigenvalue weighted by Gasteiger charge is 2.33. The molecule has 0 fully saturated rings. The quantitative estimate of drug-likeness (QED) is 0.442. The number of thiazole rings is 1. The average molecular weight is 608 g/mol. The van der Waals surface area contributed by atoms with Crippen molar-refractivity contribution in [2.24, 2.45) is 4.99 Å². The van der Waals surface area contributed by atoms with Gasteiger partial charge in [-0.05, 0) is 87.2 Å². The summed E-state index contributed by atoms with van der Waals surface area (Å²) in [5.41, 5.74) is 1.99. The number of rotatable bonds is 5. The number of carbonyl (C=O) groups excluding carboxylic acids is 1. The summed E-state index contributed by atoms with van der Waals surface area (Å²) in [6.07, 6.45) is 1.73. The number of fused-ring (bicyclic) bond motifs is 1. The van der Waals surface area contributed by atoms with Gasteiger partial charge in [-0.25, -0.2) is 9.79 Å². The molecule has 0 bridgehead atoms. The number of halogens is 2. The number of ether oxygens (including phenoxy) is 2. The fourth-order valence-electron chi connectivity index (χ4n) is 3.71. The summed E-state index contributed by atoms with van der Waals surface area (Å²) in [7, 11) is 1.58. The van der Waals surface area contributed by atoms with Crippen molar-refractivity contribution in [2.45, 2.75) is 19.9 Å². The molecule has 7 nitrogen and oxygen atoms in total. The lowest BCUT2D eigenvalue weighted by Gasteiger charge is -2.24. The first-order chi connectivity index (χ1) is 16.2. The monoisotopic (exact) mass is 606 g/mol. The van der Waals surface area contributed by atoms with Crippen molar-refractivity contribution in [1.82, 2.24) is 4.57 Å². The first-order valence-corrected chi connectivity index (χ1v) is 12.7. The van der Waals surface area contributed by atoms with Gasteiger partial charge < -0.3 is 14.6 Å². The molecule has 2 heterocycles. The van der Waals surface area contributed by atoms with Crippen molar-refractivity contribution in [1.29, 1.82) is 0 Å². The highest BCUT2D eigenvalue weighted by Crippen LogP contribution is 2.34. The summed E-state index contributed by atoms with van der Waals surface area (Å²) < 4.78 is 13.5. The molecule has 176 valence electrons. The molecule has 1 unspecified atom stereocenters. The van der Waals surface area contributed by atoms with E-state index in [1.807, 2.05) is 12.1 Å². The molecule has 0 amide bonds. The maximum atomic E-state index is 13.6. The van der Waals surface area contributed by atoms with Gasteiger partial charge in [-0.3, -0.25) is 9.36 Å². The van der Waals surface area contributed by atoms with Crippen LogP contribution in [-0.4, -0.2) is 29.4 Å².